The molecule has 0 saturated carbocycles. The zero-order valence-corrected chi connectivity index (χ0v) is 18.7. The van der Waals surface area contributed by atoms with Crippen molar-refractivity contribution < 1.29 is 9.53 Å². The summed E-state index contributed by atoms with van der Waals surface area (Å²) in [5.41, 5.74) is 2.21. The van der Waals surface area contributed by atoms with Crippen molar-refractivity contribution in [2.75, 3.05) is 19.7 Å². The van der Waals surface area contributed by atoms with Crippen LogP contribution in [0.25, 0.3) is 0 Å². The van der Waals surface area contributed by atoms with Crippen LogP contribution in [0.3, 0.4) is 0 Å². The Morgan fingerprint density at radius 1 is 0.929 bits per heavy atom. The van der Waals surface area contributed by atoms with Gasteiger partial charge >= 0.3 is 0 Å². The summed E-state index contributed by atoms with van der Waals surface area (Å²) in [7, 11) is 0. The molecule has 0 saturated heterocycles. The third kappa shape index (κ3) is 9.07. The minimum Gasteiger partial charge on any atom is -0.484 e. The fourth-order valence-corrected chi connectivity index (χ4v) is 2.42. The average molecular weight is 496 g/mol. The Balaban J connectivity index is 0.00000392. The van der Waals surface area contributed by atoms with Gasteiger partial charge in [-0.15, -0.1) is 24.0 Å². The summed E-state index contributed by atoms with van der Waals surface area (Å²) in [6.07, 6.45) is 0. The molecular formula is C21H29IN4O2. The highest BCUT2D eigenvalue weighted by molar-refractivity contribution is 14.0. The average Bonchev–Trinajstić information content (AvgIpc) is 2.70. The van der Waals surface area contributed by atoms with Crippen molar-refractivity contribution >= 4 is 35.8 Å². The number of nitrogens with one attached hydrogen (secondary N) is 3. The molecule has 3 N–H and O–H groups in total. The lowest BCUT2D eigenvalue weighted by Gasteiger charge is -2.12. The Bertz CT molecular complexity index is 738. The van der Waals surface area contributed by atoms with Crippen LogP contribution < -0.4 is 20.7 Å². The second kappa shape index (κ2) is 13.8. The summed E-state index contributed by atoms with van der Waals surface area (Å²) in [4.78, 5) is 16.1. The lowest BCUT2D eigenvalue weighted by atomic mass is 10.2. The first-order chi connectivity index (χ1) is 13.2. The number of rotatable bonds is 9. The molecule has 2 aromatic rings. The second-order valence-corrected chi connectivity index (χ2v) is 5.92. The van der Waals surface area contributed by atoms with Crippen molar-refractivity contribution in [1.82, 2.24) is 16.0 Å². The summed E-state index contributed by atoms with van der Waals surface area (Å²) in [6, 6.07) is 17.8. The topological polar surface area (TPSA) is 74.8 Å². The van der Waals surface area contributed by atoms with Crippen molar-refractivity contribution in [3.05, 3.63) is 65.7 Å². The summed E-state index contributed by atoms with van der Waals surface area (Å²) in [6.45, 7) is 6.54. The first kappa shape index (κ1) is 23.7. The third-order valence-electron chi connectivity index (χ3n) is 3.71. The highest BCUT2D eigenvalue weighted by Crippen LogP contribution is 2.14. The van der Waals surface area contributed by atoms with Crippen LogP contribution in [-0.2, 0) is 17.9 Å². The maximum absolute atomic E-state index is 11.5. The molecule has 0 heterocycles. The molecule has 0 aliphatic rings. The number of ether oxygens (including phenoxy) is 1. The van der Waals surface area contributed by atoms with E-state index < -0.39 is 0 Å². The molecule has 0 radical (unpaired) electrons. The number of hydrogen-bond donors (Lipinski definition) is 3. The first-order valence-electron chi connectivity index (χ1n) is 9.25. The van der Waals surface area contributed by atoms with E-state index in [9.17, 15) is 4.79 Å². The van der Waals surface area contributed by atoms with Crippen molar-refractivity contribution in [2.45, 2.75) is 26.9 Å². The lowest BCUT2D eigenvalue weighted by molar-refractivity contribution is -0.122. The smallest absolute Gasteiger partial charge is 0.257 e. The Labute approximate surface area is 184 Å². The third-order valence-corrected chi connectivity index (χ3v) is 3.71. The number of likely N-dealkylation sites (N-methyl/N-ethyl adjacent to an activating group) is 1. The molecule has 1 amide bonds. The zero-order valence-electron chi connectivity index (χ0n) is 16.4. The monoisotopic (exact) mass is 496 g/mol. The number of carbonyl (C=O) groups excluding carboxylic acids is 1. The van der Waals surface area contributed by atoms with Crippen molar-refractivity contribution in [2.24, 2.45) is 4.99 Å². The van der Waals surface area contributed by atoms with Crippen LogP contribution in [0.15, 0.2) is 59.6 Å². The maximum atomic E-state index is 11.5. The van der Waals surface area contributed by atoms with Gasteiger partial charge in [0.05, 0.1) is 6.54 Å². The quantitative estimate of drug-likeness (QED) is 0.284. The Morgan fingerprint density at radius 2 is 1.64 bits per heavy atom. The molecule has 2 rings (SSSR count). The number of benzene rings is 2. The van der Waals surface area contributed by atoms with Crippen LogP contribution in [-0.4, -0.2) is 31.6 Å². The molecule has 0 fully saturated rings. The fourth-order valence-electron chi connectivity index (χ4n) is 2.42. The summed E-state index contributed by atoms with van der Waals surface area (Å²) >= 11 is 0. The van der Waals surface area contributed by atoms with Gasteiger partial charge in [-0.2, -0.15) is 0 Å². The van der Waals surface area contributed by atoms with E-state index in [4.69, 9.17) is 4.74 Å². The molecule has 0 aliphatic carbocycles. The van der Waals surface area contributed by atoms with E-state index in [1.807, 2.05) is 56.3 Å². The minimum absolute atomic E-state index is 0. The molecule has 0 aliphatic heterocycles. The van der Waals surface area contributed by atoms with Crippen LogP contribution in [0.1, 0.15) is 25.0 Å². The second-order valence-electron chi connectivity index (χ2n) is 5.92. The van der Waals surface area contributed by atoms with Gasteiger partial charge in [0.25, 0.3) is 5.91 Å². The van der Waals surface area contributed by atoms with E-state index in [1.165, 1.54) is 5.56 Å². The molecule has 0 unspecified atom stereocenters. The van der Waals surface area contributed by atoms with E-state index >= 15 is 0 Å². The predicted octanol–water partition coefficient (Wildman–Crippen LogP) is 3.07. The normalized spacial score (nSPS) is 10.6. The molecule has 6 nitrogen and oxygen atoms in total. The van der Waals surface area contributed by atoms with E-state index in [0.717, 1.165) is 18.1 Å². The van der Waals surface area contributed by atoms with Crippen LogP contribution >= 0.6 is 24.0 Å². The highest BCUT2D eigenvalue weighted by atomic mass is 127. The molecule has 0 bridgehead atoms. The number of hydrogen-bond acceptors (Lipinski definition) is 3. The van der Waals surface area contributed by atoms with Crippen LogP contribution in [0.4, 0.5) is 0 Å². The van der Waals surface area contributed by atoms with Crippen LogP contribution in [0, 0.1) is 0 Å². The van der Waals surface area contributed by atoms with Gasteiger partial charge in [0, 0.05) is 19.6 Å². The summed E-state index contributed by atoms with van der Waals surface area (Å²) in [5, 5.41) is 9.29. The molecule has 28 heavy (non-hydrogen) atoms. The number of carbonyl (C=O) groups is 1. The van der Waals surface area contributed by atoms with E-state index in [1.54, 1.807) is 0 Å². The van der Waals surface area contributed by atoms with Crippen molar-refractivity contribution in [3.8, 4) is 5.75 Å². The van der Waals surface area contributed by atoms with Gasteiger partial charge in [0.1, 0.15) is 5.75 Å². The van der Waals surface area contributed by atoms with E-state index in [2.05, 4.69) is 33.1 Å². The minimum atomic E-state index is -0.125. The standard InChI is InChI=1S/C21H28N4O2.HI/c1-3-22-20(26)16-27-19-12-8-11-18(13-19)15-25-21(23-4-2)24-14-17-9-6-5-7-10-17;/h5-13H,3-4,14-16H2,1-2H3,(H,22,26)(H2,23,24,25);1H. The lowest BCUT2D eigenvalue weighted by Crippen LogP contribution is -2.36. The number of aliphatic imine (C=N–C) groups is 1. The fraction of sp³-hybridized carbons (Fsp3) is 0.333. The zero-order chi connectivity index (χ0) is 19.3. The molecule has 0 atom stereocenters. The Morgan fingerprint density at radius 3 is 2.36 bits per heavy atom. The maximum Gasteiger partial charge on any atom is 0.257 e. The van der Waals surface area contributed by atoms with E-state index in [-0.39, 0.29) is 36.5 Å². The molecule has 0 aromatic heterocycles. The van der Waals surface area contributed by atoms with Crippen LogP contribution in [0.2, 0.25) is 0 Å². The number of halogens is 1. The molecule has 7 heteroatoms. The van der Waals surface area contributed by atoms with Crippen LogP contribution in [0.5, 0.6) is 5.75 Å². The summed E-state index contributed by atoms with van der Waals surface area (Å²) in [5.74, 6) is 1.30. The van der Waals surface area contributed by atoms with E-state index in [0.29, 0.717) is 25.4 Å². The Hall–Kier alpha value is -2.29. The first-order valence-corrected chi connectivity index (χ1v) is 9.25. The molecule has 152 valence electrons. The van der Waals surface area contributed by atoms with Crippen molar-refractivity contribution in [1.29, 1.82) is 0 Å². The summed E-state index contributed by atoms with van der Waals surface area (Å²) < 4.78 is 5.53. The number of nitrogens with zero attached hydrogens (tertiary/aromatic N) is 1. The molecule has 2 aromatic carbocycles. The van der Waals surface area contributed by atoms with Gasteiger partial charge in [0.2, 0.25) is 0 Å². The van der Waals surface area contributed by atoms with Gasteiger partial charge in [-0.3, -0.25) is 4.79 Å². The van der Waals surface area contributed by atoms with Gasteiger partial charge in [-0.1, -0.05) is 42.5 Å². The van der Waals surface area contributed by atoms with Gasteiger partial charge < -0.3 is 20.7 Å². The van der Waals surface area contributed by atoms with Gasteiger partial charge in [-0.05, 0) is 37.1 Å². The molecule has 0 spiro atoms. The number of amides is 1. The predicted molar refractivity (Wildman–Crippen MR) is 124 cm³/mol. The Kier molecular flexibility index (Phi) is 11.7. The highest BCUT2D eigenvalue weighted by Gasteiger charge is 2.03. The SMILES string of the molecule is CCNC(=O)COc1cccc(CN=C(NCC)NCc2ccccc2)c1.I. The van der Waals surface area contributed by atoms with Crippen molar-refractivity contribution in [3.63, 3.8) is 0 Å². The van der Waals surface area contributed by atoms with Gasteiger partial charge in [0.15, 0.2) is 12.6 Å². The number of guanidine groups is 1. The molecular weight excluding hydrogens is 467 g/mol. The van der Waals surface area contributed by atoms with Gasteiger partial charge in [-0.25, -0.2) is 4.99 Å². The largest absolute Gasteiger partial charge is 0.484 e.